The summed E-state index contributed by atoms with van der Waals surface area (Å²) in [6.07, 6.45) is 1.96. The van der Waals surface area contributed by atoms with Gasteiger partial charge in [-0.25, -0.2) is 4.79 Å². The average Bonchev–Trinajstić information content (AvgIpc) is 3.27. The van der Waals surface area contributed by atoms with Crippen molar-refractivity contribution >= 4 is 34.6 Å². The molecule has 1 aromatic heterocycles. The zero-order chi connectivity index (χ0) is 27.1. The molecule has 0 bridgehead atoms. The summed E-state index contributed by atoms with van der Waals surface area (Å²) in [5.74, 6) is -2.98. The second kappa shape index (κ2) is 12.0. The van der Waals surface area contributed by atoms with Crippen LogP contribution < -0.4 is 21.7 Å². The zero-order valence-corrected chi connectivity index (χ0v) is 20.5. The van der Waals surface area contributed by atoms with E-state index in [1.54, 1.807) is 18.3 Å². The molecule has 11 heteroatoms. The van der Waals surface area contributed by atoms with Gasteiger partial charge in [-0.15, -0.1) is 0 Å². The molecule has 0 saturated carbocycles. The van der Waals surface area contributed by atoms with Gasteiger partial charge in [0, 0.05) is 23.5 Å². The summed E-state index contributed by atoms with van der Waals surface area (Å²) in [5.41, 5.74) is 8.26. The number of aromatic amines is 1. The second-order valence-corrected chi connectivity index (χ2v) is 8.90. The molecule has 37 heavy (non-hydrogen) atoms. The van der Waals surface area contributed by atoms with Gasteiger partial charge in [0.1, 0.15) is 23.9 Å². The number of aliphatic carboxylic acids is 1. The van der Waals surface area contributed by atoms with E-state index < -0.39 is 47.9 Å². The Morgan fingerprint density at radius 1 is 0.865 bits per heavy atom. The largest absolute Gasteiger partial charge is 0.508 e. The van der Waals surface area contributed by atoms with Crippen molar-refractivity contribution in [3.63, 3.8) is 0 Å². The number of amides is 3. The Kier molecular flexibility index (Phi) is 8.86. The Morgan fingerprint density at radius 3 is 2.11 bits per heavy atom. The highest BCUT2D eigenvalue weighted by Gasteiger charge is 2.27. The van der Waals surface area contributed by atoms with Crippen molar-refractivity contribution in [2.75, 3.05) is 0 Å². The maximum Gasteiger partial charge on any atom is 0.326 e. The van der Waals surface area contributed by atoms with Gasteiger partial charge in [0.25, 0.3) is 0 Å². The Labute approximate surface area is 213 Å². The van der Waals surface area contributed by atoms with E-state index in [0.717, 1.165) is 22.0 Å². The summed E-state index contributed by atoms with van der Waals surface area (Å²) < 4.78 is 0. The van der Waals surface area contributed by atoms with E-state index >= 15 is 0 Å². The maximum atomic E-state index is 12.6. The highest BCUT2D eigenvalue weighted by Crippen LogP contribution is 2.19. The minimum atomic E-state index is -1.21. The third kappa shape index (κ3) is 7.31. The molecular weight excluding hydrogens is 478 g/mol. The number of phenolic OH excluding ortho intramolecular Hbond substituents is 1. The molecule has 8 N–H and O–H groups in total. The first-order chi connectivity index (χ1) is 17.5. The van der Waals surface area contributed by atoms with Gasteiger partial charge >= 0.3 is 5.97 Å². The highest BCUT2D eigenvalue weighted by molar-refractivity contribution is 5.94. The number of nitrogens with two attached hydrogens (primary N) is 1. The van der Waals surface area contributed by atoms with Crippen LogP contribution in [0.5, 0.6) is 5.75 Å². The van der Waals surface area contributed by atoms with E-state index in [2.05, 4.69) is 20.9 Å². The molecule has 0 aliphatic heterocycles. The zero-order valence-electron chi connectivity index (χ0n) is 20.5. The molecule has 0 saturated heterocycles. The van der Waals surface area contributed by atoms with E-state index in [1.165, 1.54) is 26.0 Å². The fourth-order valence-corrected chi connectivity index (χ4v) is 3.79. The third-order valence-corrected chi connectivity index (χ3v) is 5.95. The minimum Gasteiger partial charge on any atom is -0.508 e. The lowest BCUT2D eigenvalue weighted by Gasteiger charge is -2.21. The molecule has 11 nitrogen and oxygen atoms in total. The first-order valence-electron chi connectivity index (χ1n) is 11.8. The van der Waals surface area contributed by atoms with Crippen molar-refractivity contribution in [1.29, 1.82) is 0 Å². The van der Waals surface area contributed by atoms with Gasteiger partial charge in [0.05, 0.1) is 6.04 Å². The van der Waals surface area contributed by atoms with E-state index in [4.69, 9.17) is 5.73 Å². The Balaban J connectivity index is 1.51. The monoisotopic (exact) mass is 509 g/mol. The van der Waals surface area contributed by atoms with Gasteiger partial charge in [-0.1, -0.05) is 30.3 Å². The van der Waals surface area contributed by atoms with Gasteiger partial charge in [0.15, 0.2) is 0 Å². The number of phenols is 1. The quantitative estimate of drug-likeness (QED) is 0.197. The minimum absolute atomic E-state index is 0.0527. The first-order valence-corrected chi connectivity index (χ1v) is 11.8. The standard InChI is InChI=1S/C26H31N5O6/c1-14(30-25(35)20(27)11-16-7-9-18(32)10-8-16)23(33)29-15(2)24(34)31-22(26(36)37)12-17-13-28-21-6-4-3-5-19(17)21/h3-10,13-15,20,22,28,32H,11-12,27H2,1-2H3,(H,29,33)(H,30,35)(H,31,34)(H,36,37). The lowest BCUT2D eigenvalue weighted by Crippen LogP contribution is -2.55. The van der Waals surface area contributed by atoms with Crippen LogP contribution in [0.25, 0.3) is 10.9 Å². The number of hydrogen-bond donors (Lipinski definition) is 7. The number of carboxylic acids is 1. The third-order valence-electron chi connectivity index (χ3n) is 5.95. The van der Waals surface area contributed by atoms with Gasteiger partial charge in [-0.2, -0.15) is 0 Å². The lowest BCUT2D eigenvalue weighted by molar-refractivity contribution is -0.142. The van der Waals surface area contributed by atoms with Crippen molar-refractivity contribution in [1.82, 2.24) is 20.9 Å². The number of H-pyrrole nitrogens is 1. The molecule has 1 heterocycles. The summed E-state index contributed by atoms with van der Waals surface area (Å²) >= 11 is 0. The van der Waals surface area contributed by atoms with Crippen LogP contribution in [0, 0.1) is 0 Å². The van der Waals surface area contributed by atoms with Gasteiger partial charge < -0.3 is 36.9 Å². The fraction of sp³-hybridized carbons (Fsp3) is 0.308. The van der Waals surface area contributed by atoms with E-state index in [-0.39, 0.29) is 18.6 Å². The molecule has 196 valence electrons. The number of para-hydroxylation sites is 1. The lowest BCUT2D eigenvalue weighted by atomic mass is 10.0. The molecule has 3 amide bonds. The van der Waals surface area contributed by atoms with Crippen LogP contribution >= 0.6 is 0 Å². The van der Waals surface area contributed by atoms with Crippen LogP contribution in [0.2, 0.25) is 0 Å². The summed E-state index contributed by atoms with van der Waals surface area (Å²) in [6, 6.07) is 9.49. The average molecular weight is 510 g/mol. The van der Waals surface area contributed by atoms with E-state index in [9.17, 15) is 29.4 Å². The number of carbonyl (C=O) groups excluding carboxylic acids is 3. The Bertz CT molecular complexity index is 1270. The van der Waals surface area contributed by atoms with Crippen LogP contribution in [0.3, 0.4) is 0 Å². The van der Waals surface area contributed by atoms with Crippen molar-refractivity contribution in [2.45, 2.75) is 50.9 Å². The summed E-state index contributed by atoms with van der Waals surface area (Å²) in [7, 11) is 0. The van der Waals surface area contributed by atoms with Crippen molar-refractivity contribution in [3.8, 4) is 5.75 Å². The molecular formula is C26H31N5O6. The smallest absolute Gasteiger partial charge is 0.326 e. The predicted molar refractivity (Wildman–Crippen MR) is 137 cm³/mol. The fourth-order valence-electron chi connectivity index (χ4n) is 3.79. The molecule has 3 rings (SSSR count). The summed E-state index contributed by atoms with van der Waals surface area (Å²) in [6.45, 7) is 2.87. The molecule has 0 radical (unpaired) electrons. The van der Waals surface area contributed by atoms with E-state index in [0.29, 0.717) is 0 Å². The van der Waals surface area contributed by atoms with Crippen LogP contribution in [0.15, 0.2) is 54.7 Å². The Hall–Kier alpha value is -4.38. The molecule has 0 spiro atoms. The maximum absolute atomic E-state index is 12.6. The van der Waals surface area contributed by atoms with Crippen molar-refractivity contribution in [2.24, 2.45) is 5.73 Å². The molecule has 3 aromatic rings. The number of nitrogens with one attached hydrogen (secondary N) is 4. The topological polar surface area (TPSA) is 187 Å². The SMILES string of the molecule is CC(NC(=O)C(N)Cc1ccc(O)cc1)C(=O)NC(C)C(=O)NC(Cc1c[nH]c2ccccc12)C(=O)O. The summed E-state index contributed by atoms with van der Waals surface area (Å²) in [5, 5.41) is 27.3. The highest BCUT2D eigenvalue weighted by atomic mass is 16.4. The first kappa shape index (κ1) is 27.2. The second-order valence-electron chi connectivity index (χ2n) is 8.90. The molecule has 0 aliphatic carbocycles. The van der Waals surface area contributed by atoms with Gasteiger partial charge in [0.2, 0.25) is 17.7 Å². The van der Waals surface area contributed by atoms with Crippen LogP contribution in [0.1, 0.15) is 25.0 Å². The van der Waals surface area contributed by atoms with E-state index in [1.807, 2.05) is 24.3 Å². The van der Waals surface area contributed by atoms with Crippen molar-refractivity contribution < 1.29 is 29.4 Å². The number of fused-ring (bicyclic) bond motifs is 1. The van der Waals surface area contributed by atoms with Crippen LogP contribution in [-0.4, -0.2) is 63.1 Å². The van der Waals surface area contributed by atoms with Crippen LogP contribution in [0.4, 0.5) is 0 Å². The number of carbonyl (C=O) groups is 4. The molecule has 4 atom stereocenters. The number of carboxylic acid groups (broad SMARTS) is 1. The number of hydrogen-bond acceptors (Lipinski definition) is 6. The number of aromatic hydroxyl groups is 1. The molecule has 0 aliphatic rings. The molecule has 0 fully saturated rings. The van der Waals surface area contributed by atoms with Crippen molar-refractivity contribution in [3.05, 3.63) is 65.9 Å². The molecule has 4 unspecified atom stereocenters. The van der Waals surface area contributed by atoms with Gasteiger partial charge in [-0.3, -0.25) is 14.4 Å². The number of benzene rings is 2. The number of aromatic nitrogens is 1. The van der Waals surface area contributed by atoms with Crippen LogP contribution in [-0.2, 0) is 32.0 Å². The summed E-state index contributed by atoms with van der Waals surface area (Å²) in [4.78, 5) is 52.5. The van der Waals surface area contributed by atoms with Gasteiger partial charge in [-0.05, 0) is 49.6 Å². The Morgan fingerprint density at radius 2 is 1.46 bits per heavy atom. The molecule has 2 aromatic carbocycles. The predicted octanol–water partition coefficient (Wildman–Crippen LogP) is 0.565. The number of rotatable bonds is 11. The normalized spacial score (nSPS) is 14.2.